The van der Waals surface area contributed by atoms with Crippen molar-refractivity contribution in [2.75, 3.05) is 26.2 Å². The van der Waals surface area contributed by atoms with E-state index in [0.29, 0.717) is 31.9 Å². The van der Waals surface area contributed by atoms with Gasteiger partial charge in [0.2, 0.25) is 6.41 Å². The summed E-state index contributed by atoms with van der Waals surface area (Å²) in [6.45, 7) is 14.1. The summed E-state index contributed by atoms with van der Waals surface area (Å²) in [6, 6.07) is 7.94. The van der Waals surface area contributed by atoms with E-state index < -0.39 is 5.92 Å². The first-order valence-corrected chi connectivity index (χ1v) is 13.3. The Balaban J connectivity index is 0.000000295. The van der Waals surface area contributed by atoms with Crippen LogP contribution in [-0.2, 0) is 16.0 Å². The minimum atomic E-state index is -2.40. The molecule has 1 aromatic rings. The highest BCUT2D eigenvalue weighted by Gasteiger charge is 2.44. The molecule has 1 heterocycles. The van der Waals surface area contributed by atoms with Crippen LogP contribution in [0.3, 0.4) is 0 Å². The number of piperazine rings is 1. The summed E-state index contributed by atoms with van der Waals surface area (Å²) in [5, 5.41) is 3.88. The second kappa shape index (κ2) is 17.1. The Morgan fingerprint density at radius 1 is 1.24 bits per heavy atom. The molecule has 0 atom stereocenters. The fourth-order valence-corrected chi connectivity index (χ4v) is 4.10. The van der Waals surface area contributed by atoms with Crippen molar-refractivity contribution in [1.29, 1.82) is 0 Å². The van der Waals surface area contributed by atoms with Gasteiger partial charge < -0.3 is 15.1 Å². The first-order chi connectivity index (χ1) is 17.6. The molecule has 1 saturated carbocycles. The molecule has 1 aliphatic carbocycles. The number of allylic oxidation sites excluding steroid dienone is 3. The van der Waals surface area contributed by atoms with Crippen molar-refractivity contribution >= 4 is 23.8 Å². The molecule has 2 aliphatic rings. The van der Waals surface area contributed by atoms with E-state index >= 15 is 0 Å². The fourth-order valence-electron chi connectivity index (χ4n) is 3.83. The van der Waals surface area contributed by atoms with Crippen LogP contribution in [0.15, 0.2) is 60.5 Å². The maximum absolute atomic E-state index is 12.2. The Kier molecular flexibility index (Phi) is 15.0. The third kappa shape index (κ3) is 12.1. The third-order valence-electron chi connectivity index (χ3n) is 5.99. The Bertz CT molecular complexity index is 925. The molecule has 1 aromatic carbocycles. The molecular formula is C29H42ClF2N3O2. The summed E-state index contributed by atoms with van der Waals surface area (Å²) >= 11 is 5.82. The summed E-state index contributed by atoms with van der Waals surface area (Å²) in [4.78, 5) is 25.9. The number of alkyl halides is 2. The van der Waals surface area contributed by atoms with E-state index in [-0.39, 0.29) is 24.7 Å². The number of nitrogens with zero attached hydrogens (tertiary/aromatic N) is 2. The van der Waals surface area contributed by atoms with Crippen LogP contribution in [0.4, 0.5) is 8.78 Å². The highest BCUT2D eigenvalue weighted by atomic mass is 35.5. The van der Waals surface area contributed by atoms with Crippen LogP contribution in [0.1, 0.15) is 58.9 Å². The van der Waals surface area contributed by atoms with Gasteiger partial charge in [0.15, 0.2) is 5.78 Å². The van der Waals surface area contributed by atoms with Gasteiger partial charge >= 0.3 is 0 Å². The van der Waals surface area contributed by atoms with E-state index in [1.165, 1.54) is 5.56 Å². The SMILES string of the molecule is C/C=C/CNC1CC(F)(F)C1.C=C1CN(C=O)CCN1/C(=C\CCC)C(C)=O.CCc1ccccc1Cl. The van der Waals surface area contributed by atoms with Crippen LogP contribution >= 0.6 is 11.6 Å². The van der Waals surface area contributed by atoms with E-state index in [1.54, 1.807) is 11.8 Å². The summed E-state index contributed by atoms with van der Waals surface area (Å²) in [5.41, 5.74) is 2.74. The van der Waals surface area contributed by atoms with Crippen molar-refractivity contribution in [2.45, 2.75) is 71.8 Å². The van der Waals surface area contributed by atoms with Gasteiger partial charge in [-0.2, -0.15) is 0 Å². The van der Waals surface area contributed by atoms with Crippen LogP contribution in [0, 0.1) is 0 Å². The van der Waals surface area contributed by atoms with Crippen molar-refractivity contribution in [1.82, 2.24) is 15.1 Å². The summed E-state index contributed by atoms with van der Waals surface area (Å²) in [5.74, 6) is -2.34. The van der Waals surface area contributed by atoms with E-state index in [2.05, 4.69) is 25.7 Å². The molecule has 1 aliphatic heterocycles. The standard InChI is InChI=1S/C13H20N2O2.C8H9Cl.C8H13F2N/c1-4-5-6-13(12(3)17)15-8-7-14(10-16)9-11(15)2;1-2-7-5-3-4-6-8(7)9;1-2-3-4-11-7-5-8(9,10)6-7/h6,10H,2,4-5,7-9H2,1,3H3;3-6H,2H2,1H3;2-3,7,11H,4-6H2,1H3/b13-6-;;3-2+. The van der Waals surface area contributed by atoms with Crippen molar-refractivity contribution in [3.05, 3.63) is 71.1 Å². The molecule has 0 bridgehead atoms. The van der Waals surface area contributed by atoms with E-state index in [9.17, 15) is 18.4 Å². The van der Waals surface area contributed by atoms with Crippen molar-refractivity contribution in [3.63, 3.8) is 0 Å². The number of nitrogens with one attached hydrogen (secondary N) is 1. The lowest BCUT2D eigenvalue weighted by atomic mass is 9.88. The Morgan fingerprint density at radius 3 is 2.38 bits per heavy atom. The molecule has 1 amide bonds. The summed E-state index contributed by atoms with van der Waals surface area (Å²) in [6.07, 6.45) is 9.54. The van der Waals surface area contributed by atoms with Crippen LogP contribution in [-0.4, -0.2) is 60.1 Å². The largest absolute Gasteiger partial charge is 0.340 e. The lowest BCUT2D eigenvalue weighted by molar-refractivity contribution is -0.119. The lowest BCUT2D eigenvalue weighted by Crippen LogP contribution is -2.48. The minimum Gasteiger partial charge on any atom is -0.340 e. The monoisotopic (exact) mass is 537 g/mol. The predicted molar refractivity (Wildman–Crippen MR) is 149 cm³/mol. The van der Waals surface area contributed by atoms with Gasteiger partial charge in [0.1, 0.15) is 0 Å². The number of rotatable bonds is 9. The molecule has 0 unspecified atom stereocenters. The minimum absolute atomic E-state index is 0.00452. The Morgan fingerprint density at radius 2 is 1.92 bits per heavy atom. The molecule has 0 aromatic heterocycles. The lowest BCUT2D eigenvalue weighted by Gasteiger charge is -2.36. The number of hydrogen-bond donors (Lipinski definition) is 1. The van der Waals surface area contributed by atoms with Crippen LogP contribution in [0.5, 0.6) is 0 Å². The quantitative estimate of drug-likeness (QED) is 0.225. The second-order valence-corrected chi connectivity index (χ2v) is 9.52. The first kappa shape index (κ1) is 32.5. The topological polar surface area (TPSA) is 52.7 Å². The van der Waals surface area contributed by atoms with Gasteiger partial charge in [0.05, 0.1) is 12.2 Å². The Labute approximate surface area is 226 Å². The van der Waals surface area contributed by atoms with Crippen molar-refractivity contribution in [3.8, 4) is 0 Å². The number of halogens is 3. The number of Topliss-reactive ketones (excluding diaryl/α,β-unsaturated/α-hetero) is 1. The normalized spacial score (nSPS) is 17.4. The van der Waals surface area contributed by atoms with Crippen molar-refractivity contribution < 1.29 is 18.4 Å². The zero-order valence-corrected chi connectivity index (χ0v) is 23.4. The molecule has 0 radical (unpaired) electrons. The number of carbonyl (C=O) groups is 2. The highest BCUT2D eigenvalue weighted by molar-refractivity contribution is 6.31. The zero-order chi connectivity index (χ0) is 27.8. The van der Waals surface area contributed by atoms with E-state index in [0.717, 1.165) is 36.4 Å². The zero-order valence-electron chi connectivity index (χ0n) is 22.6. The number of benzene rings is 1. The molecular weight excluding hydrogens is 496 g/mol. The van der Waals surface area contributed by atoms with Gasteiger partial charge in [-0.15, -0.1) is 0 Å². The molecule has 37 heavy (non-hydrogen) atoms. The number of ketones is 1. The van der Waals surface area contributed by atoms with Crippen LogP contribution in [0.25, 0.3) is 0 Å². The van der Waals surface area contributed by atoms with Crippen LogP contribution in [0.2, 0.25) is 5.02 Å². The fraction of sp³-hybridized carbons (Fsp3) is 0.517. The van der Waals surface area contributed by atoms with Gasteiger partial charge in [-0.3, -0.25) is 9.59 Å². The van der Waals surface area contributed by atoms with Gasteiger partial charge in [0.25, 0.3) is 5.92 Å². The first-order valence-electron chi connectivity index (χ1n) is 12.9. The molecule has 0 spiro atoms. The molecule has 2 fully saturated rings. The number of unbranched alkanes of at least 4 members (excludes halogenated alkanes) is 1. The average molecular weight is 538 g/mol. The number of amides is 1. The number of carbonyl (C=O) groups excluding carboxylic acids is 2. The molecule has 8 heteroatoms. The average Bonchev–Trinajstić information content (AvgIpc) is 2.85. The second-order valence-electron chi connectivity index (χ2n) is 9.11. The van der Waals surface area contributed by atoms with Crippen molar-refractivity contribution in [2.24, 2.45) is 0 Å². The molecule has 206 valence electrons. The molecule has 5 nitrogen and oxygen atoms in total. The van der Waals surface area contributed by atoms with E-state index in [4.69, 9.17) is 11.6 Å². The maximum atomic E-state index is 12.2. The third-order valence-corrected chi connectivity index (χ3v) is 6.36. The van der Waals surface area contributed by atoms with Gasteiger partial charge in [-0.05, 0) is 31.4 Å². The van der Waals surface area contributed by atoms with Crippen LogP contribution < -0.4 is 5.32 Å². The smallest absolute Gasteiger partial charge is 0.251 e. The van der Waals surface area contributed by atoms with Gasteiger partial charge in [0, 0.05) is 56.2 Å². The summed E-state index contributed by atoms with van der Waals surface area (Å²) in [7, 11) is 0. The van der Waals surface area contributed by atoms with Gasteiger partial charge in [-0.25, -0.2) is 8.78 Å². The predicted octanol–water partition coefficient (Wildman–Crippen LogP) is 6.40. The molecule has 1 saturated heterocycles. The Hall–Kier alpha value is -2.51. The number of hydrogen-bond acceptors (Lipinski definition) is 4. The maximum Gasteiger partial charge on any atom is 0.251 e. The van der Waals surface area contributed by atoms with Gasteiger partial charge in [-0.1, -0.05) is 74.9 Å². The van der Waals surface area contributed by atoms with E-state index in [1.807, 2.05) is 54.3 Å². The number of aryl methyl sites for hydroxylation is 1. The highest BCUT2D eigenvalue weighted by Crippen LogP contribution is 2.37. The molecule has 1 N–H and O–H groups in total. The molecule has 3 rings (SSSR count). The summed E-state index contributed by atoms with van der Waals surface area (Å²) < 4.78 is 24.5.